The molecule has 1 aliphatic heterocycles. The van der Waals surface area contributed by atoms with Crippen LogP contribution < -0.4 is 10.1 Å². The summed E-state index contributed by atoms with van der Waals surface area (Å²) in [5.74, 6) is 1.10. The Morgan fingerprint density at radius 3 is 2.83 bits per heavy atom. The lowest BCUT2D eigenvalue weighted by atomic mass is 9.98. The number of halogens is 1. The molecular formula is C22H23FN4O3. The topological polar surface area (TPSA) is 80.5 Å². The highest BCUT2D eigenvalue weighted by molar-refractivity contribution is 5.91. The summed E-state index contributed by atoms with van der Waals surface area (Å²) in [4.78, 5) is 14.6. The Balaban J connectivity index is 1.43. The van der Waals surface area contributed by atoms with Crippen molar-refractivity contribution in [3.63, 3.8) is 0 Å². The lowest BCUT2D eigenvalue weighted by Crippen LogP contribution is -2.41. The van der Waals surface area contributed by atoms with Crippen LogP contribution in [0, 0.1) is 5.82 Å². The zero-order chi connectivity index (χ0) is 20.9. The molecule has 7 nitrogen and oxygen atoms in total. The number of aromatic nitrogens is 2. The molecule has 4 rings (SSSR count). The number of nitrogens with zero attached hydrogens (tertiary/aromatic N) is 3. The van der Waals surface area contributed by atoms with Gasteiger partial charge >= 0.3 is 6.03 Å². The number of hydrogen-bond acceptors (Lipinski definition) is 5. The molecule has 2 aromatic carbocycles. The second-order valence-corrected chi connectivity index (χ2v) is 7.10. The molecule has 1 aromatic heterocycles. The summed E-state index contributed by atoms with van der Waals surface area (Å²) in [6.45, 7) is 3.55. The van der Waals surface area contributed by atoms with Gasteiger partial charge in [-0.15, -0.1) is 10.2 Å². The van der Waals surface area contributed by atoms with Gasteiger partial charge in [0.25, 0.3) is 0 Å². The summed E-state index contributed by atoms with van der Waals surface area (Å²) in [7, 11) is 0. The van der Waals surface area contributed by atoms with E-state index in [4.69, 9.17) is 9.15 Å². The lowest BCUT2D eigenvalue weighted by molar-refractivity contribution is 0.187. The number of carbonyl (C=O) groups excluding carboxylic acids is 1. The van der Waals surface area contributed by atoms with Crippen LogP contribution in [0.15, 0.2) is 52.9 Å². The minimum atomic E-state index is -0.321. The van der Waals surface area contributed by atoms with Crippen LogP contribution in [0.25, 0.3) is 11.5 Å². The van der Waals surface area contributed by atoms with Gasteiger partial charge in [-0.2, -0.15) is 0 Å². The first-order valence-corrected chi connectivity index (χ1v) is 10.0. The Morgan fingerprint density at radius 2 is 2.03 bits per heavy atom. The van der Waals surface area contributed by atoms with Crippen molar-refractivity contribution in [2.45, 2.75) is 25.7 Å². The van der Waals surface area contributed by atoms with Crippen LogP contribution >= 0.6 is 0 Å². The molecule has 3 aromatic rings. The van der Waals surface area contributed by atoms with Crippen LogP contribution in [0.1, 0.15) is 31.6 Å². The number of ether oxygens (including phenoxy) is 1. The maximum atomic E-state index is 13.1. The van der Waals surface area contributed by atoms with E-state index in [1.54, 1.807) is 17.0 Å². The molecule has 0 bridgehead atoms. The molecule has 156 valence electrons. The van der Waals surface area contributed by atoms with Crippen molar-refractivity contribution in [1.29, 1.82) is 0 Å². The molecule has 1 atom stereocenters. The van der Waals surface area contributed by atoms with E-state index in [1.807, 2.05) is 31.2 Å². The van der Waals surface area contributed by atoms with E-state index < -0.39 is 0 Å². The first kappa shape index (κ1) is 19.9. The van der Waals surface area contributed by atoms with Crippen LogP contribution in [0.4, 0.5) is 14.9 Å². The summed E-state index contributed by atoms with van der Waals surface area (Å²) >= 11 is 0. The van der Waals surface area contributed by atoms with E-state index in [9.17, 15) is 9.18 Å². The number of rotatable bonds is 5. The number of anilines is 1. The van der Waals surface area contributed by atoms with Crippen molar-refractivity contribution in [2.75, 3.05) is 25.0 Å². The molecule has 0 spiro atoms. The molecular weight excluding hydrogens is 387 g/mol. The van der Waals surface area contributed by atoms with Crippen LogP contribution in [0.3, 0.4) is 0 Å². The molecule has 2 amide bonds. The van der Waals surface area contributed by atoms with Crippen LogP contribution in [0.2, 0.25) is 0 Å². The van der Waals surface area contributed by atoms with E-state index in [2.05, 4.69) is 15.5 Å². The van der Waals surface area contributed by atoms with Gasteiger partial charge in [-0.05, 0) is 56.2 Å². The smallest absolute Gasteiger partial charge is 0.321 e. The number of nitrogens with one attached hydrogen (secondary N) is 1. The zero-order valence-electron chi connectivity index (χ0n) is 16.7. The van der Waals surface area contributed by atoms with Gasteiger partial charge in [0.1, 0.15) is 11.6 Å². The molecule has 1 N–H and O–H groups in total. The van der Waals surface area contributed by atoms with Crippen LogP contribution in [-0.2, 0) is 0 Å². The highest BCUT2D eigenvalue weighted by Gasteiger charge is 2.29. The molecule has 1 unspecified atom stereocenters. The highest BCUT2D eigenvalue weighted by Crippen LogP contribution is 2.30. The molecule has 1 saturated heterocycles. The second-order valence-electron chi connectivity index (χ2n) is 7.10. The van der Waals surface area contributed by atoms with Crippen LogP contribution in [-0.4, -0.2) is 40.8 Å². The summed E-state index contributed by atoms with van der Waals surface area (Å²) in [5.41, 5.74) is 1.30. The molecule has 2 heterocycles. The fraction of sp³-hybridized carbons (Fsp3) is 0.318. The number of piperidine rings is 1. The normalized spacial score (nSPS) is 16.3. The lowest BCUT2D eigenvalue weighted by Gasteiger charge is -2.31. The quantitative estimate of drug-likeness (QED) is 0.660. The van der Waals surface area contributed by atoms with Gasteiger partial charge in [-0.1, -0.05) is 12.1 Å². The average molecular weight is 410 g/mol. The summed E-state index contributed by atoms with van der Waals surface area (Å²) in [6, 6.07) is 13.1. The Labute approximate surface area is 173 Å². The Morgan fingerprint density at radius 1 is 1.23 bits per heavy atom. The predicted molar refractivity (Wildman–Crippen MR) is 110 cm³/mol. The molecule has 0 radical (unpaired) electrons. The molecule has 1 fully saturated rings. The average Bonchev–Trinajstić information content (AvgIpc) is 3.26. The largest absolute Gasteiger partial charge is 0.492 e. The Kier molecular flexibility index (Phi) is 5.92. The zero-order valence-corrected chi connectivity index (χ0v) is 16.7. The van der Waals surface area contributed by atoms with Crippen molar-refractivity contribution in [1.82, 2.24) is 15.1 Å². The number of amides is 2. The third-order valence-corrected chi connectivity index (χ3v) is 5.02. The minimum absolute atomic E-state index is 0.0478. The van der Waals surface area contributed by atoms with E-state index in [-0.39, 0.29) is 17.8 Å². The third-order valence-electron chi connectivity index (χ3n) is 5.02. The van der Waals surface area contributed by atoms with E-state index in [0.717, 1.165) is 12.8 Å². The number of benzene rings is 2. The maximum Gasteiger partial charge on any atom is 0.321 e. The second kappa shape index (κ2) is 8.94. The number of likely N-dealkylation sites (tertiary alicyclic amines) is 1. The van der Waals surface area contributed by atoms with Gasteiger partial charge in [0.05, 0.1) is 18.2 Å². The van der Waals surface area contributed by atoms with Gasteiger partial charge in [-0.3, -0.25) is 0 Å². The van der Waals surface area contributed by atoms with E-state index >= 15 is 0 Å². The van der Waals surface area contributed by atoms with Crippen molar-refractivity contribution >= 4 is 11.7 Å². The Bertz CT molecular complexity index is 1010. The first-order chi connectivity index (χ1) is 14.6. The number of para-hydroxylation sites is 2. The van der Waals surface area contributed by atoms with Gasteiger partial charge in [0.15, 0.2) is 0 Å². The fourth-order valence-corrected chi connectivity index (χ4v) is 3.52. The number of urea groups is 1. The Hall–Kier alpha value is -3.42. The molecule has 0 aliphatic carbocycles. The monoisotopic (exact) mass is 410 g/mol. The summed E-state index contributed by atoms with van der Waals surface area (Å²) < 4.78 is 24.5. The molecule has 0 saturated carbocycles. The SMILES string of the molecule is CCOc1ccccc1NC(=O)N1CCCC(c2nnc(-c3ccc(F)cc3)o2)C1. The van der Waals surface area contributed by atoms with Crippen molar-refractivity contribution in [2.24, 2.45) is 0 Å². The van der Waals surface area contributed by atoms with E-state index in [0.29, 0.717) is 48.5 Å². The molecule has 1 aliphatic rings. The maximum absolute atomic E-state index is 13.1. The summed E-state index contributed by atoms with van der Waals surface area (Å²) in [6.07, 6.45) is 1.68. The van der Waals surface area contributed by atoms with Crippen molar-refractivity contribution in [3.8, 4) is 17.2 Å². The van der Waals surface area contributed by atoms with E-state index in [1.165, 1.54) is 12.1 Å². The third kappa shape index (κ3) is 4.42. The first-order valence-electron chi connectivity index (χ1n) is 10.0. The van der Waals surface area contributed by atoms with Crippen LogP contribution in [0.5, 0.6) is 5.75 Å². The van der Waals surface area contributed by atoms with Gasteiger partial charge in [0.2, 0.25) is 11.8 Å². The minimum Gasteiger partial charge on any atom is -0.492 e. The number of carbonyl (C=O) groups is 1. The van der Waals surface area contributed by atoms with Gasteiger partial charge < -0.3 is 19.4 Å². The fourth-order valence-electron chi connectivity index (χ4n) is 3.52. The number of hydrogen-bond donors (Lipinski definition) is 1. The summed E-state index contributed by atoms with van der Waals surface area (Å²) in [5, 5.41) is 11.2. The predicted octanol–water partition coefficient (Wildman–Crippen LogP) is 4.69. The molecule has 30 heavy (non-hydrogen) atoms. The van der Waals surface area contributed by atoms with Crippen molar-refractivity contribution in [3.05, 3.63) is 60.2 Å². The standard InChI is InChI=1S/C22H23FN4O3/c1-2-29-19-8-4-3-7-18(19)24-22(28)27-13-5-6-16(14-27)21-26-25-20(30-21)15-9-11-17(23)12-10-15/h3-4,7-12,16H,2,5-6,13-14H2,1H3,(H,24,28). The van der Waals surface area contributed by atoms with Gasteiger partial charge in [-0.25, -0.2) is 9.18 Å². The van der Waals surface area contributed by atoms with Crippen molar-refractivity contribution < 1.29 is 18.3 Å². The molecule has 8 heteroatoms. The van der Waals surface area contributed by atoms with Gasteiger partial charge in [0, 0.05) is 18.7 Å². The highest BCUT2D eigenvalue weighted by atomic mass is 19.1.